The van der Waals surface area contributed by atoms with E-state index in [0.29, 0.717) is 45.7 Å². The summed E-state index contributed by atoms with van der Waals surface area (Å²) in [5.74, 6) is -0.552. The highest BCUT2D eigenvalue weighted by molar-refractivity contribution is 7.96. The molecule has 7 nitrogen and oxygen atoms in total. The van der Waals surface area contributed by atoms with E-state index >= 15 is 0 Å². The standard InChI is InChI=1S/C28H42N3O4PS/c1-7-24(32)22-14-11-15-31(22)26(34)23(17-20-12-9-8-10-13-20)30(6)25(33)21(16-19(2)3)29-27(35)28(4,5)18-36-37/h8-10,12-13,19,21-23H,7,11,14-18H2,1-6H3,(H,29,35)/t21-,22?,23+/m1/s1. The van der Waals surface area contributed by atoms with Gasteiger partial charge in [0.15, 0.2) is 5.78 Å². The molecule has 1 unspecified atom stereocenters. The van der Waals surface area contributed by atoms with Crippen molar-refractivity contribution in [1.29, 1.82) is 0 Å². The predicted octanol–water partition coefficient (Wildman–Crippen LogP) is 3.99. The zero-order chi connectivity index (χ0) is 27.8. The number of ketones is 1. The van der Waals surface area contributed by atoms with E-state index in [2.05, 4.69) is 5.32 Å². The lowest BCUT2D eigenvalue weighted by Crippen LogP contribution is -2.58. The number of rotatable bonds is 13. The van der Waals surface area contributed by atoms with Crippen LogP contribution in [0.3, 0.4) is 0 Å². The minimum absolute atomic E-state index is 0.0477. The number of carbonyl (C=O) groups excluding carboxylic acids is 4. The summed E-state index contributed by atoms with van der Waals surface area (Å²) in [6.07, 6.45) is 3.06. The Morgan fingerprint density at radius 1 is 1.19 bits per heavy atom. The maximum atomic E-state index is 13.9. The second kappa shape index (κ2) is 14.1. The number of likely N-dealkylation sites (tertiary alicyclic amines) is 1. The normalized spacial score (nSPS) is 17.5. The molecule has 1 heterocycles. The van der Waals surface area contributed by atoms with Gasteiger partial charge in [-0.05, 0) is 38.1 Å². The summed E-state index contributed by atoms with van der Waals surface area (Å²) in [6.45, 7) is 9.95. The summed E-state index contributed by atoms with van der Waals surface area (Å²) in [7, 11) is 2.32. The Balaban J connectivity index is 2.38. The van der Waals surface area contributed by atoms with Crippen LogP contribution in [0.2, 0.25) is 0 Å². The average molecular weight is 548 g/mol. The van der Waals surface area contributed by atoms with Gasteiger partial charge in [0, 0.05) is 32.6 Å². The highest BCUT2D eigenvalue weighted by atomic mass is 32.4. The van der Waals surface area contributed by atoms with Crippen molar-refractivity contribution in [1.82, 2.24) is 15.1 Å². The van der Waals surface area contributed by atoms with Gasteiger partial charge in [0.2, 0.25) is 17.7 Å². The van der Waals surface area contributed by atoms with Gasteiger partial charge in [-0.3, -0.25) is 19.2 Å². The lowest BCUT2D eigenvalue weighted by atomic mass is 9.93. The van der Waals surface area contributed by atoms with Crippen LogP contribution >= 0.6 is 7.36 Å². The van der Waals surface area contributed by atoms with Crippen molar-refractivity contribution in [3.8, 4) is 0 Å². The van der Waals surface area contributed by atoms with E-state index in [9.17, 15) is 19.2 Å². The topological polar surface area (TPSA) is 86.8 Å². The Morgan fingerprint density at radius 2 is 1.84 bits per heavy atom. The number of hydrogen-bond donors (Lipinski definition) is 1. The molecule has 1 fully saturated rings. The molecule has 1 aromatic carbocycles. The molecule has 37 heavy (non-hydrogen) atoms. The predicted molar refractivity (Wildman–Crippen MR) is 151 cm³/mol. The van der Waals surface area contributed by atoms with Crippen LogP contribution in [0.4, 0.5) is 0 Å². The Morgan fingerprint density at radius 3 is 2.41 bits per heavy atom. The van der Waals surface area contributed by atoms with E-state index < -0.39 is 23.5 Å². The summed E-state index contributed by atoms with van der Waals surface area (Å²) in [5.41, 5.74) is 0.216. The van der Waals surface area contributed by atoms with Crippen molar-refractivity contribution in [3.05, 3.63) is 35.9 Å². The van der Waals surface area contributed by atoms with Gasteiger partial charge < -0.3 is 15.1 Å². The van der Waals surface area contributed by atoms with Crippen LogP contribution in [-0.2, 0) is 37.4 Å². The van der Waals surface area contributed by atoms with E-state index in [0.717, 1.165) is 12.0 Å². The van der Waals surface area contributed by atoms with Crippen LogP contribution in [-0.4, -0.2) is 71.2 Å². The lowest BCUT2D eigenvalue weighted by Gasteiger charge is -2.36. The zero-order valence-corrected chi connectivity index (χ0v) is 24.7. The van der Waals surface area contributed by atoms with E-state index in [1.54, 1.807) is 11.9 Å². The van der Waals surface area contributed by atoms with Gasteiger partial charge in [0.05, 0.1) is 11.5 Å². The van der Waals surface area contributed by atoms with Gasteiger partial charge in [0.1, 0.15) is 12.1 Å². The third-order valence-corrected chi connectivity index (χ3v) is 8.32. The van der Waals surface area contributed by atoms with Crippen LogP contribution in [0, 0.1) is 11.3 Å². The van der Waals surface area contributed by atoms with E-state index in [4.69, 9.17) is 11.8 Å². The number of carbonyl (C=O) groups is 4. The zero-order valence-electron chi connectivity index (χ0n) is 23.0. The van der Waals surface area contributed by atoms with Gasteiger partial charge in [0.25, 0.3) is 0 Å². The summed E-state index contributed by atoms with van der Waals surface area (Å²) in [4.78, 5) is 56.6. The molecule has 1 saturated heterocycles. The monoisotopic (exact) mass is 547 g/mol. The second-order valence-corrected chi connectivity index (χ2v) is 12.3. The lowest BCUT2D eigenvalue weighted by molar-refractivity contribution is -0.148. The summed E-state index contributed by atoms with van der Waals surface area (Å²) < 4.78 is 0. The van der Waals surface area contributed by atoms with Crippen molar-refractivity contribution >= 4 is 42.7 Å². The van der Waals surface area contributed by atoms with Gasteiger partial charge in [-0.1, -0.05) is 76.8 Å². The molecule has 0 aromatic heterocycles. The van der Waals surface area contributed by atoms with Crippen molar-refractivity contribution in [2.75, 3.05) is 19.8 Å². The molecule has 1 N–H and O–H groups in total. The molecule has 204 valence electrons. The third-order valence-electron chi connectivity index (χ3n) is 7.01. The first kappa shape index (κ1) is 31.0. The average Bonchev–Trinajstić information content (AvgIpc) is 3.35. The molecule has 2 rings (SSSR count). The molecule has 1 aromatic rings. The second-order valence-electron chi connectivity index (χ2n) is 11.0. The van der Waals surface area contributed by atoms with Crippen LogP contribution in [0.1, 0.15) is 65.9 Å². The summed E-state index contributed by atoms with van der Waals surface area (Å²) in [5, 5.41) is 2.96. The summed E-state index contributed by atoms with van der Waals surface area (Å²) >= 11 is 5.06. The van der Waals surface area contributed by atoms with Crippen LogP contribution in [0.5, 0.6) is 0 Å². The van der Waals surface area contributed by atoms with Crippen molar-refractivity contribution in [2.45, 2.75) is 84.8 Å². The first-order valence-electron chi connectivity index (χ1n) is 13.2. The minimum Gasteiger partial charge on any atom is -0.344 e. The molecule has 1 aliphatic heterocycles. The number of amides is 3. The quantitative estimate of drug-likeness (QED) is 0.378. The van der Waals surface area contributed by atoms with Crippen molar-refractivity contribution in [3.63, 3.8) is 0 Å². The number of nitrogens with zero attached hydrogens (tertiary/aromatic N) is 2. The summed E-state index contributed by atoms with van der Waals surface area (Å²) in [6, 6.07) is 7.58. The fourth-order valence-corrected chi connectivity index (χ4v) is 6.13. The fourth-order valence-electron chi connectivity index (χ4n) is 4.70. The van der Waals surface area contributed by atoms with Crippen LogP contribution in [0.25, 0.3) is 0 Å². The molecule has 0 radical (unpaired) electrons. The van der Waals surface area contributed by atoms with Crippen molar-refractivity contribution in [2.24, 2.45) is 11.3 Å². The maximum Gasteiger partial charge on any atom is 0.246 e. The molecule has 1 aliphatic rings. The number of benzene rings is 1. The smallest absolute Gasteiger partial charge is 0.246 e. The third kappa shape index (κ3) is 8.41. The first-order valence-corrected chi connectivity index (χ1v) is 15.3. The first-order chi connectivity index (χ1) is 17.4. The van der Waals surface area contributed by atoms with E-state index in [1.807, 2.05) is 65.0 Å². The molecular formula is C28H42N3O4PS. The van der Waals surface area contributed by atoms with Crippen LogP contribution in [0.15, 0.2) is 30.3 Å². The van der Waals surface area contributed by atoms with Crippen molar-refractivity contribution < 1.29 is 19.2 Å². The number of likely N-dealkylation sites (N-methyl/N-ethyl adjacent to an activating group) is 1. The van der Waals surface area contributed by atoms with Gasteiger partial charge in [-0.25, -0.2) is 0 Å². The molecular weight excluding hydrogens is 505 g/mol. The maximum absolute atomic E-state index is 13.9. The molecule has 0 bridgehead atoms. The molecule has 0 saturated carbocycles. The van der Waals surface area contributed by atoms with E-state index in [-0.39, 0.29) is 29.4 Å². The molecule has 3 amide bonds. The molecule has 3 atom stereocenters. The van der Waals surface area contributed by atoms with E-state index in [1.165, 1.54) is 4.90 Å². The van der Waals surface area contributed by atoms with Gasteiger partial charge in [-0.2, -0.15) is 0 Å². The molecule has 0 spiro atoms. The van der Waals surface area contributed by atoms with Crippen LogP contribution < -0.4 is 5.32 Å². The number of Topliss-reactive ketones (excluding diaryl/α,β-unsaturated/α-hetero) is 1. The fraction of sp³-hybridized carbons (Fsp3) is 0.643. The Kier molecular flexibility index (Phi) is 11.8. The largest absolute Gasteiger partial charge is 0.344 e. The van der Waals surface area contributed by atoms with Gasteiger partial charge >= 0.3 is 0 Å². The minimum atomic E-state index is -0.786. The molecule has 0 aliphatic carbocycles. The van der Waals surface area contributed by atoms with Gasteiger partial charge in [-0.15, -0.1) is 0 Å². The Labute approximate surface area is 228 Å². The molecule has 9 heteroatoms. The Bertz CT molecular complexity index is 969. The Hall–Kier alpha value is -2.18. The highest BCUT2D eigenvalue weighted by Crippen LogP contribution is 2.25. The number of nitrogens with one attached hydrogen (secondary N) is 1. The highest BCUT2D eigenvalue weighted by Gasteiger charge is 2.40. The number of hydrogen-bond acceptors (Lipinski definition) is 5. The SMILES string of the molecule is CCC(=O)C1CCCN1C(=O)[C@H](Cc1ccccc1)N(C)C(=O)[C@@H](CC(C)C)NC(=O)C(C)(C)CP=S.